The fourth-order valence-electron chi connectivity index (χ4n) is 4.45. The minimum atomic E-state index is -3.02. The predicted octanol–water partition coefficient (Wildman–Crippen LogP) is -4.12. The van der Waals surface area contributed by atoms with Crippen molar-refractivity contribution in [2.45, 2.75) is 68.0 Å². The van der Waals surface area contributed by atoms with Crippen LogP contribution in [-0.2, 0) is 43.1 Å². The number of amides is 3. The van der Waals surface area contributed by atoms with Crippen LogP contribution in [0.15, 0.2) is 0 Å². The fraction of sp³-hybridized carbons (Fsp3) is 0.636. The second-order valence-electron chi connectivity index (χ2n) is 9.46. The Morgan fingerprint density at radius 2 is 1.46 bits per heavy atom. The smallest absolute Gasteiger partial charge is 0.357 e. The van der Waals surface area contributed by atoms with Crippen LogP contribution in [0.3, 0.4) is 0 Å². The number of carbonyl (C=O) groups is 8. The summed E-state index contributed by atoms with van der Waals surface area (Å²) in [5.41, 5.74) is -8.33. The van der Waals surface area contributed by atoms with Gasteiger partial charge in [-0.3, -0.25) is 24.1 Å². The molecule has 8 N–H and O–H groups in total. The van der Waals surface area contributed by atoms with Crippen molar-refractivity contribution in [1.29, 1.82) is 0 Å². The quantitative estimate of drug-likeness (QED) is 0.0838. The summed E-state index contributed by atoms with van der Waals surface area (Å²) in [4.78, 5) is 95.1. The first-order valence-corrected chi connectivity index (χ1v) is 12.0. The van der Waals surface area contributed by atoms with Crippen LogP contribution in [-0.4, -0.2) is 136 Å². The van der Waals surface area contributed by atoms with Crippen LogP contribution >= 0.6 is 0 Å². The molecule has 2 aliphatic heterocycles. The molecule has 2 rings (SSSR count). The number of nitrogens with one attached hydrogen (secondary N) is 1. The molecular formula is C22H29N3O16. The number of carboxylic acids is 4. The molecule has 0 radical (unpaired) electrons. The number of rotatable bonds is 15. The van der Waals surface area contributed by atoms with Crippen molar-refractivity contribution >= 4 is 47.6 Å². The minimum absolute atomic E-state index is 0.264. The van der Waals surface area contributed by atoms with Crippen molar-refractivity contribution in [1.82, 2.24) is 15.1 Å². The zero-order valence-corrected chi connectivity index (χ0v) is 21.3. The van der Waals surface area contributed by atoms with Crippen LogP contribution in [0, 0.1) is 0 Å². The first-order chi connectivity index (χ1) is 18.9. The second kappa shape index (κ2) is 12.4. The predicted molar refractivity (Wildman–Crippen MR) is 124 cm³/mol. The number of hydrogen-bond acceptors (Lipinski definition) is 12. The third kappa shape index (κ3) is 7.05. The lowest BCUT2D eigenvalue weighted by Crippen LogP contribution is -2.59. The number of carboxylic acid groups (broad SMARTS) is 4. The van der Waals surface area contributed by atoms with E-state index in [0.29, 0.717) is 4.90 Å². The molecule has 19 nitrogen and oxygen atoms in total. The number of carbonyl (C=O) groups excluding carboxylic acids is 4. The van der Waals surface area contributed by atoms with Gasteiger partial charge in [-0.25, -0.2) is 19.2 Å². The molecule has 0 saturated carbocycles. The Kier molecular flexibility index (Phi) is 9.96. The third-order valence-corrected chi connectivity index (χ3v) is 6.68. The molecule has 2 fully saturated rings. The largest absolute Gasteiger partial charge is 0.480 e. The SMILES string of the molecule is O=C(C[C@@](O)(CC(=O)OCCN1C(=O)CCC1(O)C(=O)O)C(=O)O)NCC[C@@H](C(=O)O)N1C(=O)CCC1(O)C(=O)O. The van der Waals surface area contributed by atoms with Gasteiger partial charge in [0.25, 0.3) is 0 Å². The van der Waals surface area contributed by atoms with E-state index < -0.39 is 129 Å². The summed E-state index contributed by atoms with van der Waals surface area (Å²) in [7, 11) is 0. The molecule has 0 aromatic carbocycles. The molecular weight excluding hydrogens is 562 g/mol. The maximum atomic E-state index is 12.3. The molecule has 2 aliphatic rings. The summed E-state index contributed by atoms with van der Waals surface area (Å²) in [5.74, 6) is -11.5. The van der Waals surface area contributed by atoms with Crippen molar-refractivity contribution in [3.05, 3.63) is 0 Å². The first kappa shape index (κ1) is 32.8. The van der Waals surface area contributed by atoms with Crippen LogP contribution in [0.25, 0.3) is 0 Å². The van der Waals surface area contributed by atoms with Gasteiger partial charge in [-0.05, 0) is 6.42 Å². The number of nitrogens with zero attached hydrogens (tertiary/aromatic N) is 2. The molecule has 2 unspecified atom stereocenters. The van der Waals surface area contributed by atoms with E-state index in [4.69, 9.17) is 9.84 Å². The highest BCUT2D eigenvalue weighted by Gasteiger charge is 2.55. The normalized spacial score (nSPS) is 24.5. The highest BCUT2D eigenvalue weighted by atomic mass is 16.5. The Hall–Kier alpha value is -4.36. The van der Waals surface area contributed by atoms with E-state index in [1.165, 1.54) is 0 Å². The average Bonchev–Trinajstić information content (AvgIpc) is 3.33. The van der Waals surface area contributed by atoms with E-state index in [0.717, 1.165) is 0 Å². The van der Waals surface area contributed by atoms with Crippen LogP contribution in [0.1, 0.15) is 44.9 Å². The molecule has 0 aliphatic carbocycles. The molecule has 2 saturated heterocycles. The Morgan fingerprint density at radius 3 is 2.00 bits per heavy atom. The van der Waals surface area contributed by atoms with Gasteiger partial charge in [0, 0.05) is 32.2 Å². The number of aliphatic carboxylic acids is 4. The van der Waals surface area contributed by atoms with Crippen LogP contribution in [0.5, 0.6) is 0 Å². The molecule has 2 heterocycles. The van der Waals surface area contributed by atoms with E-state index in [9.17, 15) is 69.0 Å². The molecule has 19 heteroatoms. The molecule has 0 aromatic heterocycles. The lowest BCUT2D eigenvalue weighted by molar-refractivity contribution is -0.188. The van der Waals surface area contributed by atoms with Gasteiger partial charge >= 0.3 is 29.8 Å². The number of esters is 1. The highest BCUT2D eigenvalue weighted by molar-refractivity contribution is 5.93. The number of ether oxygens (including phenoxy) is 1. The molecule has 4 atom stereocenters. The topological polar surface area (TPSA) is 306 Å². The van der Waals surface area contributed by atoms with Crippen molar-refractivity contribution in [2.75, 3.05) is 19.7 Å². The Bertz CT molecular complexity index is 1140. The van der Waals surface area contributed by atoms with Crippen molar-refractivity contribution < 1.29 is 78.8 Å². The molecule has 3 amide bonds. The maximum absolute atomic E-state index is 12.3. The van der Waals surface area contributed by atoms with Gasteiger partial charge < -0.3 is 50.7 Å². The number of hydrogen-bond donors (Lipinski definition) is 8. The lowest BCUT2D eigenvalue weighted by Gasteiger charge is -2.34. The van der Waals surface area contributed by atoms with Gasteiger partial charge in [0.2, 0.25) is 29.2 Å². The van der Waals surface area contributed by atoms with E-state index in [2.05, 4.69) is 5.32 Å². The summed E-state index contributed by atoms with van der Waals surface area (Å²) >= 11 is 0. The Morgan fingerprint density at radius 1 is 0.902 bits per heavy atom. The number of likely N-dealkylation sites (tertiary alicyclic amines) is 2. The van der Waals surface area contributed by atoms with Crippen LogP contribution in [0.2, 0.25) is 0 Å². The van der Waals surface area contributed by atoms with Gasteiger partial charge in [0.05, 0.1) is 19.4 Å². The van der Waals surface area contributed by atoms with E-state index in [1.807, 2.05) is 0 Å². The number of aliphatic hydroxyl groups is 3. The van der Waals surface area contributed by atoms with Crippen molar-refractivity contribution in [3.8, 4) is 0 Å². The van der Waals surface area contributed by atoms with Gasteiger partial charge in [-0.1, -0.05) is 0 Å². The Balaban J connectivity index is 1.94. The second-order valence-corrected chi connectivity index (χ2v) is 9.46. The molecule has 41 heavy (non-hydrogen) atoms. The maximum Gasteiger partial charge on any atom is 0.357 e. The first-order valence-electron chi connectivity index (χ1n) is 12.0. The zero-order valence-electron chi connectivity index (χ0n) is 21.3. The Labute approximate surface area is 229 Å². The summed E-state index contributed by atoms with van der Waals surface area (Å²) in [6.07, 6.45) is -4.85. The summed E-state index contributed by atoms with van der Waals surface area (Å²) < 4.78 is 4.73. The summed E-state index contributed by atoms with van der Waals surface area (Å²) in [5, 5.41) is 70.0. The summed E-state index contributed by atoms with van der Waals surface area (Å²) in [6, 6.07) is -1.89. The van der Waals surface area contributed by atoms with Gasteiger partial charge in [-0.2, -0.15) is 0 Å². The van der Waals surface area contributed by atoms with E-state index in [1.54, 1.807) is 0 Å². The monoisotopic (exact) mass is 591 g/mol. The van der Waals surface area contributed by atoms with E-state index >= 15 is 0 Å². The van der Waals surface area contributed by atoms with Crippen LogP contribution < -0.4 is 5.32 Å². The zero-order chi connectivity index (χ0) is 31.3. The highest BCUT2D eigenvalue weighted by Crippen LogP contribution is 2.31. The minimum Gasteiger partial charge on any atom is -0.480 e. The van der Waals surface area contributed by atoms with Gasteiger partial charge in [-0.15, -0.1) is 0 Å². The average molecular weight is 591 g/mol. The van der Waals surface area contributed by atoms with Crippen LogP contribution in [0.4, 0.5) is 0 Å². The van der Waals surface area contributed by atoms with Gasteiger partial charge in [0.1, 0.15) is 12.6 Å². The third-order valence-electron chi connectivity index (χ3n) is 6.68. The fourth-order valence-corrected chi connectivity index (χ4v) is 4.45. The molecule has 0 bridgehead atoms. The lowest BCUT2D eigenvalue weighted by atomic mass is 9.95. The molecule has 228 valence electrons. The molecule has 0 aromatic rings. The molecule has 0 spiro atoms. The van der Waals surface area contributed by atoms with Crippen molar-refractivity contribution in [3.63, 3.8) is 0 Å². The summed E-state index contributed by atoms with van der Waals surface area (Å²) in [6.45, 7) is -1.83. The van der Waals surface area contributed by atoms with Gasteiger partial charge in [0.15, 0.2) is 5.60 Å². The van der Waals surface area contributed by atoms with Crippen molar-refractivity contribution in [2.24, 2.45) is 0 Å². The van der Waals surface area contributed by atoms with E-state index in [-0.39, 0.29) is 11.3 Å². The standard InChI is InChI=1S/C22H29N3O16/c26-12(23-6-3-11(16(30)31)25-14(28)2-5-22(25,40)19(36)37)9-20(38,17(32)33)10-15(29)41-8-7-24-13(27)1-4-21(24,39)18(34)35/h11,38-40H,1-10H2,(H,23,26)(H,30,31)(H,32,33)(H,34,35)(H,36,37)/t11-,20+,21?,22?/m0/s1.